The second kappa shape index (κ2) is 11.0. The van der Waals surface area contributed by atoms with E-state index in [4.69, 9.17) is 9.47 Å². The van der Waals surface area contributed by atoms with Crippen molar-refractivity contribution in [3.63, 3.8) is 0 Å². The molecule has 1 fully saturated rings. The predicted molar refractivity (Wildman–Crippen MR) is 152 cm³/mol. The van der Waals surface area contributed by atoms with E-state index in [9.17, 15) is 24.8 Å². The topological polar surface area (TPSA) is 164 Å². The van der Waals surface area contributed by atoms with Crippen molar-refractivity contribution in [2.45, 2.75) is 58.6 Å². The standard InChI is InChI=1S/C29H30N6O7/c1-3-42-29(38)23-13-34(18-4-5-18)27-21(28(23)37)7-6-20-22-10-32-25(8-17(22)14-41-15-24(20)27)31-9-19(36)12-33-16(2)30-11-26(33)35(39)40/h6-8,10-11,13,18-19,36H,3-5,9,12,14-15H2,1-2H3,(H,31,32). The third kappa shape index (κ3) is 5.01. The SMILES string of the molecule is CCOC(=O)c1cn(C2CC2)c2c3c(ccc2c1=O)-c1cnc(NCC(O)Cn2c([N+](=O)[O-])cnc2C)cc1COC3. The van der Waals surface area contributed by atoms with Crippen molar-refractivity contribution >= 4 is 28.5 Å². The molecule has 1 saturated carbocycles. The second-order valence-corrected chi connectivity index (χ2v) is 10.5. The van der Waals surface area contributed by atoms with Gasteiger partial charge >= 0.3 is 11.8 Å². The van der Waals surface area contributed by atoms with Gasteiger partial charge in [-0.15, -0.1) is 0 Å². The minimum absolute atomic E-state index is 0.00419. The van der Waals surface area contributed by atoms with Gasteiger partial charge in [-0.2, -0.15) is 0 Å². The number of aryl methyl sites for hydroxylation is 1. The molecule has 1 aliphatic heterocycles. The zero-order valence-electron chi connectivity index (χ0n) is 23.2. The number of esters is 1. The first-order chi connectivity index (χ1) is 20.3. The number of nitrogens with zero attached hydrogens (tertiary/aromatic N) is 5. The van der Waals surface area contributed by atoms with Gasteiger partial charge in [0.2, 0.25) is 5.43 Å². The number of anilines is 1. The van der Waals surface area contributed by atoms with Crippen LogP contribution >= 0.6 is 0 Å². The minimum atomic E-state index is -0.931. The van der Waals surface area contributed by atoms with E-state index in [-0.39, 0.29) is 49.2 Å². The van der Waals surface area contributed by atoms with Gasteiger partial charge in [0.25, 0.3) is 0 Å². The van der Waals surface area contributed by atoms with E-state index >= 15 is 0 Å². The zero-order valence-corrected chi connectivity index (χ0v) is 23.2. The Hall–Kier alpha value is -4.62. The zero-order chi connectivity index (χ0) is 29.5. The van der Waals surface area contributed by atoms with Gasteiger partial charge in [0.1, 0.15) is 30.2 Å². The number of aliphatic hydroxyl groups excluding tert-OH is 1. The van der Waals surface area contributed by atoms with Crippen molar-refractivity contribution in [1.82, 2.24) is 19.1 Å². The fourth-order valence-corrected chi connectivity index (χ4v) is 5.46. The quantitative estimate of drug-likeness (QED) is 0.172. The fraction of sp³-hybridized carbons (Fsp3) is 0.379. The van der Waals surface area contributed by atoms with Gasteiger partial charge in [0, 0.05) is 48.4 Å². The lowest BCUT2D eigenvalue weighted by Crippen LogP contribution is -2.26. The van der Waals surface area contributed by atoms with Crippen LogP contribution in [0.15, 0.2) is 41.6 Å². The Bertz CT molecular complexity index is 1770. The molecule has 13 nitrogen and oxygen atoms in total. The van der Waals surface area contributed by atoms with Crippen LogP contribution in [0.2, 0.25) is 0 Å². The summed E-state index contributed by atoms with van der Waals surface area (Å²) < 4.78 is 14.6. The predicted octanol–water partition coefficient (Wildman–Crippen LogP) is 3.49. The second-order valence-electron chi connectivity index (χ2n) is 10.5. The van der Waals surface area contributed by atoms with Crippen LogP contribution in [0.3, 0.4) is 0 Å². The van der Waals surface area contributed by atoms with Crippen LogP contribution in [0, 0.1) is 17.0 Å². The first kappa shape index (κ1) is 27.5. The summed E-state index contributed by atoms with van der Waals surface area (Å²) >= 11 is 0. The van der Waals surface area contributed by atoms with E-state index in [0.717, 1.165) is 40.6 Å². The maximum atomic E-state index is 13.4. The molecule has 2 N–H and O–H groups in total. The highest BCUT2D eigenvalue weighted by Gasteiger charge is 2.30. The first-order valence-electron chi connectivity index (χ1n) is 13.8. The number of benzene rings is 1. The Labute approximate surface area is 239 Å². The molecule has 0 radical (unpaired) electrons. The molecular weight excluding hydrogens is 544 g/mol. The molecule has 1 unspecified atom stereocenters. The van der Waals surface area contributed by atoms with Crippen LogP contribution in [0.1, 0.15) is 53.1 Å². The van der Waals surface area contributed by atoms with Gasteiger partial charge in [-0.1, -0.05) is 6.07 Å². The van der Waals surface area contributed by atoms with Crippen molar-refractivity contribution in [3.05, 3.63) is 79.6 Å². The van der Waals surface area contributed by atoms with Gasteiger partial charge in [-0.3, -0.25) is 4.79 Å². The van der Waals surface area contributed by atoms with Gasteiger partial charge in [0.05, 0.1) is 25.3 Å². The molecule has 0 saturated heterocycles. The molecule has 218 valence electrons. The third-order valence-corrected chi connectivity index (χ3v) is 7.65. The molecule has 1 aliphatic carbocycles. The molecule has 42 heavy (non-hydrogen) atoms. The van der Waals surface area contributed by atoms with E-state index < -0.39 is 17.0 Å². The van der Waals surface area contributed by atoms with Crippen LogP contribution in [0.25, 0.3) is 22.0 Å². The molecule has 1 atom stereocenters. The van der Waals surface area contributed by atoms with Gasteiger partial charge in [-0.05, 0) is 47.9 Å². The molecule has 4 heterocycles. The van der Waals surface area contributed by atoms with E-state index in [1.807, 2.05) is 16.7 Å². The fourth-order valence-electron chi connectivity index (χ4n) is 5.46. The molecule has 1 aromatic carbocycles. The number of imidazole rings is 1. The molecule has 4 aromatic rings. The van der Waals surface area contributed by atoms with Crippen LogP contribution in [0.5, 0.6) is 0 Å². The molecule has 2 aliphatic rings. The summed E-state index contributed by atoms with van der Waals surface area (Å²) in [6, 6.07) is 5.67. The van der Waals surface area contributed by atoms with Gasteiger partial charge < -0.3 is 34.6 Å². The van der Waals surface area contributed by atoms with E-state index in [0.29, 0.717) is 23.6 Å². The highest BCUT2D eigenvalue weighted by atomic mass is 16.6. The van der Waals surface area contributed by atoms with E-state index in [1.54, 1.807) is 32.3 Å². The molecule has 0 spiro atoms. The van der Waals surface area contributed by atoms with Crippen LogP contribution in [0.4, 0.5) is 11.6 Å². The van der Waals surface area contributed by atoms with Crippen molar-refractivity contribution in [2.75, 3.05) is 18.5 Å². The number of fused-ring (bicyclic) bond motifs is 5. The maximum Gasteiger partial charge on any atom is 0.343 e. The summed E-state index contributed by atoms with van der Waals surface area (Å²) in [7, 11) is 0. The Morgan fingerprint density at radius 1 is 1.26 bits per heavy atom. The highest BCUT2D eigenvalue weighted by molar-refractivity contribution is 5.96. The summed E-state index contributed by atoms with van der Waals surface area (Å²) in [6.07, 6.45) is 5.52. The Morgan fingerprint density at radius 3 is 2.81 bits per heavy atom. The molecule has 0 amide bonds. The molecular formula is C29H30N6O7. The number of ether oxygens (including phenoxy) is 2. The van der Waals surface area contributed by atoms with Crippen molar-refractivity contribution in [3.8, 4) is 11.1 Å². The lowest BCUT2D eigenvalue weighted by molar-refractivity contribution is -0.392. The van der Waals surface area contributed by atoms with E-state index in [2.05, 4.69) is 15.3 Å². The number of hydrogen-bond acceptors (Lipinski definition) is 10. The number of hydrogen-bond donors (Lipinski definition) is 2. The van der Waals surface area contributed by atoms with Crippen LogP contribution in [-0.2, 0) is 29.2 Å². The monoisotopic (exact) mass is 574 g/mol. The van der Waals surface area contributed by atoms with Gasteiger partial charge in [-0.25, -0.2) is 19.3 Å². The number of rotatable bonds is 9. The highest BCUT2D eigenvalue weighted by Crippen LogP contribution is 2.41. The average Bonchev–Trinajstić information content (AvgIpc) is 3.77. The largest absolute Gasteiger partial charge is 0.462 e. The lowest BCUT2D eigenvalue weighted by atomic mass is 9.95. The lowest BCUT2D eigenvalue weighted by Gasteiger charge is -2.18. The number of nitro groups is 1. The van der Waals surface area contributed by atoms with Crippen molar-refractivity contribution < 1.29 is 24.3 Å². The summed E-state index contributed by atoms with van der Waals surface area (Å²) in [6.45, 7) is 4.23. The summed E-state index contributed by atoms with van der Waals surface area (Å²) in [5.74, 6) is 0.160. The summed E-state index contributed by atoms with van der Waals surface area (Å²) in [5, 5.41) is 25.4. The van der Waals surface area contributed by atoms with Crippen molar-refractivity contribution in [2.24, 2.45) is 0 Å². The number of carbonyl (C=O) groups excluding carboxylic acids is 1. The van der Waals surface area contributed by atoms with Crippen LogP contribution < -0.4 is 10.7 Å². The normalized spacial score (nSPS) is 15.0. The Kier molecular flexibility index (Phi) is 7.21. The average molecular weight is 575 g/mol. The summed E-state index contributed by atoms with van der Waals surface area (Å²) in [4.78, 5) is 45.2. The Balaban J connectivity index is 1.30. The maximum absolute atomic E-state index is 13.4. The number of aliphatic hydroxyl groups is 1. The van der Waals surface area contributed by atoms with E-state index in [1.165, 1.54) is 10.8 Å². The van der Waals surface area contributed by atoms with Crippen LogP contribution in [-0.4, -0.2) is 54.4 Å². The number of nitrogens with one attached hydrogen (secondary N) is 1. The third-order valence-electron chi connectivity index (χ3n) is 7.65. The number of pyridine rings is 2. The Morgan fingerprint density at radius 2 is 2.07 bits per heavy atom. The van der Waals surface area contributed by atoms with Crippen molar-refractivity contribution in [1.29, 1.82) is 0 Å². The van der Waals surface area contributed by atoms with Gasteiger partial charge in [0.15, 0.2) is 5.82 Å². The first-order valence-corrected chi connectivity index (χ1v) is 13.8. The molecule has 3 aromatic heterocycles. The number of aromatic nitrogens is 4. The minimum Gasteiger partial charge on any atom is -0.462 e. The summed E-state index contributed by atoms with van der Waals surface area (Å²) in [5.41, 5.74) is 3.93. The molecule has 13 heteroatoms. The molecule has 6 rings (SSSR count). The number of carbonyl (C=O) groups is 1. The molecule has 0 bridgehead atoms. The smallest absolute Gasteiger partial charge is 0.343 e.